The molecule has 1 aromatic rings. The van der Waals surface area contributed by atoms with Crippen LogP contribution in [0.1, 0.15) is 18.6 Å². The summed E-state index contributed by atoms with van der Waals surface area (Å²) < 4.78 is 31.6. The van der Waals surface area contributed by atoms with E-state index in [1.54, 1.807) is 0 Å². The Morgan fingerprint density at radius 2 is 2.11 bits per heavy atom. The highest BCUT2D eigenvalue weighted by molar-refractivity contribution is 9.10. The van der Waals surface area contributed by atoms with Gasteiger partial charge in [-0.2, -0.15) is 0 Å². The van der Waals surface area contributed by atoms with Crippen molar-refractivity contribution < 1.29 is 17.9 Å². The second-order valence-electron chi connectivity index (χ2n) is 4.42. The van der Waals surface area contributed by atoms with E-state index in [4.69, 9.17) is 9.52 Å². The van der Waals surface area contributed by atoms with Crippen molar-refractivity contribution in [2.75, 3.05) is 27.2 Å². The summed E-state index contributed by atoms with van der Waals surface area (Å²) in [5, 5.41) is 8.90. The average Bonchev–Trinajstić information content (AvgIpc) is 2.70. The minimum absolute atomic E-state index is 0.0177. The van der Waals surface area contributed by atoms with E-state index >= 15 is 0 Å². The monoisotopic (exact) mass is 354 g/mol. The molecule has 0 atom stereocenters. The van der Waals surface area contributed by atoms with E-state index in [2.05, 4.69) is 25.6 Å². The van der Waals surface area contributed by atoms with Gasteiger partial charge in [-0.25, -0.2) is 13.1 Å². The predicted molar refractivity (Wildman–Crippen MR) is 75.3 cm³/mol. The van der Waals surface area contributed by atoms with Gasteiger partial charge in [-0.15, -0.1) is 0 Å². The number of halogens is 1. The van der Waals surface area contributed by atoms with Gasteiger partial charge in [0.1, 0.15) is 17.3 Å². The molecule has 0 aliphatic rings. The van der Waals surface area contributed by atoms with Gasteiger partial charge >= 0.3 is 0 Å². The molecule has 0 saturated carbocycles. The van der Waals surface area contributed by atoms with E-state index in [9.17, 15) is 8.42 Å². The van der Waals surface area contributed by atoms with Crippen molar-refractivity contribution in [1.29, 1.82) is 0 Å². The zero-order valence-electron chi connectivity index (χ0n) is 11.0. The minimum atomic E-state index is -3.60. The Bertz CT molecular complexity index is 499. The van der Waals surface area contributed by atoms with E-state index in [0.29, 0.717) is 6.54 Å². The molecule has 8 heteroatoms. The van der Waals surface area contributed by atoms with Gasteiger partial charge in [0.05, 0.1) is 0 Å². The number of aliphatic hydroxyl groups excluding tert-OH is 1. The highest BCUT2D eigenvalue weighted by Crippen LogP contribution is 2.25. The fourth-order valence-electron chi connectivity index (χ4n) is 1.50. The molecule has 0 bridgehead atoms. The maximum absolute atomic E-state index is 12.0. The van der Waals surface area contributed by atoms with Crippen molar-refractivity contribution in [3.05, 3.63) is 16.5 Å². The van der Waals surface area contributed by atoms with Gasteiger partial charge in [0.25, 0.3) is 0 Å². The molecular formula is C11H19BrN2O4S. The Hall–Kier alpha value is -0.410. The van der Waals surface area contributed by atoms with Crippen LogP contribution >= 0.6 is 15.9 Å². The number of rotatable bonds is 8. The Balaban J connectivity index is 2.53. The van der Waals surface area contributed by atoms with Crippen molar-refractivity contribution in [3.63, 3.8) is 0 Å². The summed E-state index contributed by atoms with van der Waals surface area (Å²) in [6, 6.07) is 1.31. The summed E-state index contributed by atoms with van der Waals surface area (Å²) in [5.74, 6) is 0.208. The lowest BCUT2D eigenvalue weighted by atomic mass is 10.3. The Morgan fingerprint density at radius 3 is 2.63 bits per heavy atom. The summed E-state index contributed by atoms with van der Waals surface area (Å²) in [6.07, 6.45) is 1.68. The third-order valence-corrected chi connectivity index (χ3v) is 4.79. The van der Waals surface area contributed by atoms with Crippen LogP contribution in [0.5, 0.6) is 0 Å². The van der Waals surface area contributed by atoms with E-state index in [1.807, 2.05) is 14.1 Å². The molecule has 0 aromatic carbocycles. The van der Waals surface area contributed by atoms with Gasteiger partial charge in [-0.3, -0.25) is 0 Å². The topological polar surface area (TPSA) is 82.8 Å². The first-order valence-electron chi connectivity index (χ1n) is 5.90. The molecule has 2 N–H and O–H groups in total. The molecule has 0 radical (unpaired) electrons. The molecule has 1 aromatic heterocycles. The smallest absolute Gasteiger partial charge is 0.244 e. The molecule has 110 valence electrons. The number of sulfonamides is 1. The third kappa shape index (κ3) is 5.23. The average molecular weight is 355 g/mol. The van der Waals surface area contributed by atoms with Crippen molar-refractivity contribution in [3.8, 4) is 0 Å². The van der Waals surface area contributed by atoms with Crippen LogP contribution in [0.2, 0.25) is 0 Å². The molecule has 0 aliphatic heterocycles. The van der Waals surface area contributed by atoms with Gasteiger partial charge < -0.3 is 14.4 Å². The van der Waals surface area contributed by atoms with Crippen LogP contribution < -0.4 is 4.72 Å². The summed E-state index contributed by atoms with van der Waals surface area (Å²) in [6.45, 7) is 0.963. The molecule has 0 saturated heterocycles. The first kappa shape index (κ1) is 16.6. The normalized spacial score (nSPS) is 12.3. The van der Waals surface area contributed by atoms with Crippen molar-refractivity contribution >= 4 is 26.0 Å². The predicted octanol–water partition coefficient (Wildman–Crippen LogP) is 1.15. The van der Waals surface area contributed by atoms with Gasteiger partial charge in [-0.05, 0) is 49.4 Å². The van der Waals surface area contributed by atoms with Gasteiger partial charge in [0.2, 0.25) is 10.0 Å². The minimum Gasteiger partial charge on any atom is -0.450 e. The van der Waals surface area contributed by atoms with Crippen LogP contribution in [0.3, 0.4) is 0 Å². The van der Waals surface area contributed by atoms with Crippen LogP contribution in [0.25, 0.3) is 0 Å². The zero-order valence-corrected chi connectivity index (χ0v) is 13.4. The third-order valence-electron chi connectivity index (χ3n) is 2.48. The number of hydrogen-bond donors (Lipinski definition) is 2. The highest BCUT2D eigenvalue weighted by atomic mass is 79.9. The molecule has 0 fully saturated rings. The van der Waals surface area contributed by atoms with Gasteiger partial charge in [0.15, 0.2) is 4.67 Å². The van der Waals surface area contributed by atoms with Crippen molar-refractivity contribution in [2.24, 2.45) is 0 Å². The number of hydrogen-bond acceptors (Lipinski definition) is 5. The molecule has 1 rings (SSSR count). The first-order chi connectivity index (χ1) is 8.86. The Morgan fingerprint density at radius 1 is 1.42 bits per heavy atom. The van der Waals surface area contributed by atoms with Crippen molar-refractivity contribution in [2.45, 2.75) is 24.3 Å². The highest BCUT2D eigenvalue weighted by Gasteiger charge is 2.21. The summed E-state index contributed by atoms with van der Waals surface area (Å²) in [7, 11) is 0.354. The van der Waals surface area contributed by atoms with E-state index in [1.165, 1.54) is 6.07 Å². The maximum atomic E-state index is 12.0. The van der Waals surface area contributed by atoms with Gasteiger partial charge in [0, 0.05) is 12.6 Å². The maximum Gasteiger partial charge on any atom is 0.244 e. The number of furan rings is 1. The molecule has 19 heavy (non-hydrogen) atoms. The van der Waals surface area contributed by atoms with E-state index < -0.39 is 10.0 Å². The largest absolute Gasteiger partial charge is 0.450 e. The number of nitrogens with zero attached hydrogens (tertiary/aromatic N) is 1. The molecule has 0 unspecified atom stereocenters. The number of nitrogens with one attached hydrogen (secondary N) is 1. The lowest BCUT2D eigenvalue weighted by Gasteiger charge is -2.09. The van der Waals surface area contributed by atoms with E-state index in [0.717, 1.165) is 19.4 Å². The summed E-state index contributed by atoms with van der Waals surface area (Å²) >= 11 is 3.03. The standard InChI is InChI=1S/C11H19BrN2O4S/c1-14(2)6-4-3-5-13-19(16,17)10-7-9(8-15)18-11(10)12/h7,13,15H,3-6,8H2,1-2H3. The Labute approximate surface area is 122 Å². The van der Waals surface area contributed by atoms with Gasteiger partial charge in [-0.1, -0.05) is 0 Å². The lowest BCUT2D eigenvalue weighted by Crippen LogP contribution is -2.25. The van der Waals surface area contributed by atoms with Crippen LogP contribution in [0.15, 0.2) is 20.0 Å². The van der Waals surface area contributed by atoms with E-state index in [-0.39, 0.29) is 21.9 Å². The van der Waals surface area contributed by atoms with Crippen LogP contribution in [-0.2, 0) is 16.6 Å². The first-order valence-corrected chi connectivity index (χ1v) is 8.18. The Kier molecular flexibility index (Phi) is 6.48. The van der Waals surface area contributed by atoms with Crippen LogP contribution in [0, 0.1) is 0 Å². The molecule has 1 heterocycles. The van der Waals surface area contributed by atoms with Crippen LogP contribution in [0.4, 0.5) is 0 Å². The van der Waals surface area contributed by atoms with Crippen molar-refractivity contribution in [1.82, 2.24) is 9.62 Å². The lowest BCUT2D eigenvalue weighted by molar-refractivity contribution is 0.245. The number of unbranched alkanes of at least 4 members (excludes halogenated alkanes) is 1. The SMILES string of the molecule is CN(C)CCCCNS(=O)(=O)c1cc(CO)oc1Br. The van der Waals surface area contributed by atoms with Crippen LogP contribution in [-0.4, -0.2) is 45.6 Å². The second-order valence-corrected chi connectivity index (χ2v) is 6.87. The fourth-order valence-corrected chi connectivity index (χ4v) is 3.57. The zero-order chi connectivity index (χ0) is 14.5. The quantitative estimate of drug-likeness (QED) is 0.684. The summed E-state index contributed by atoms with van der Waals surface area (Å²) in [4.78, 5) is 2.07. The molecule has 0 spiro atoms. The second kappa shape index (κ2) is 7.39. The molecular weight excluding hydrogens is 336 g/mol. The number of aliphatic hydroxyl groups is 1. The fraction of sp³-hybridized carbons (Fsp3) is 0.636. The molecule has 0 aliphatic carbocycles. The molecule has 6 nitrogen and oxygen atoms in total. The summed E-state index contributed by atoms with van der Waals surface area (Å²) in [5.41, 5.74) is 0. The molecule has 0 amide bonds.